The summed E-state index contributed by atoms with van der Waals surface area (Å²) < 4.78 is 11.7. The van der Waals surface area contributed by atoms with E-state index in [2.05, 4.69) is 34.6 Å². The van der Waals surface area contributed by atoms with Gasteiger partial charge in [-0.1, -0.05) is 34.6 Å². The lowest BCUT2D eigenvalue weighted by Gasteiger charge is -2.32. The quantitative estimate of drug-likeness (QED) is 0.501. The van der Waals surface area contributed by atoms with Crippen LogP contribution in [0, 0.1) is 5.41 Å². The van der Waals surface area contributed by atoms with Crippen molar-refractivity contribution in [2.75, 3.05) is 6.61 Å². The summed E-state index contributed by atoms with van der Waals surface area (Å²) in [5, 5.41) is 0. The highest BCUT2D eigenvalue weighted by Crippen LogP contribution is 2.24. The molecule has 0 bridgehead atoms. The lowest BCUT2D eigenvalue weighted by molar-refractivity contribution is -0.140. The highest BCUT2D eigenvalue weighted by Gasteiger charge is 2.28. The van der Waals surface area contributed by atoms with Gasteiger partial charge in [-0.05, 0) is 19.0 Å². The van der Waals surface area contributed by atoms with Gasteiger partial charge in [0.2, 0.25) is 9.04 Å². The molecular formula is C11H25O2Si. The molecule has 85 valence electrons. The van der Waals surface area contributed by atoms with Gasteiger partial charge >= 0.3 is 0 Å². The summed E-state index contributed by atoms with van der Waals surface area (Å²) in [6, 6.07) is 2.31. The summed E-state index contributed by atoms with van der Waals surface area (Å²) in [7, 11) is -0.651. The van der Waals surface area contributed by atoms with Crippen LogP contribution in [0.2, 0.25) is 12.1 Å². The van der Waals surface area contributed by atoms with Gasteiger partial charge in [0, 0.05) is 12.0 Å². The minimum Gasteiger partial charge on any atom is -0.392 e. The molecule has 1 atom stereocenters. The van der Waals surface area contributed by atoms with E-state index in [1.54, 1.807) is 0 Å². The molecule has 0 saturated heterocycles. The molecule has 14 heavy (non-hydrogen) atoms. The highest BCUT2D eigenvalue weighted by atomic mass is 28.3. The Hall–Kier alpha value is 0.137. The van der Waals surface area contributed by atoms with Gasteiger partial charge in [0.25, 0.3) is 0 Å². The highest BCUT2D eigenvalue weighted by molar-refractivity contribution is 6.51. The van der Waals surface area contributed by atoms with Crippen molar-refractivity contribution in [3.8, 4) is 0 Å². The van der Waals surface area contributed by atoms with Gasteiger partial charge in [0.05, 0.1) is 0 Å². The normalized spacial score (nSPS) is 14.8. The molecule has 0 aromatic heterocycles. The number of ether oxygens (including phenoxy) is 1. The fourth-order valence-corrected chi connectivity index (χ4v) is 2.74. The van der Waals surface area contributed by atoms with E-state index in [-0.39, 0.29) is 11.7 Å². The zero-order valence-electron chi connectivity index (χ0n) is 10.5. The van der Waals surface area contributed by atoms with E-state index in [0.717, 1.165) is 18.7 Å². The molecule has 0 spiro atoms. The van der Waals surface area contributed by atoms with E-state index in [4.69, 9.17) is 9.16 Å². The van der Waals surface area contributed by atoms with Crippen molar-refractivity contribution in [1.29, 1.82) is 0 Å². The lowest BCUT2D eigenvalue weighted by Crippen LogP contribution is -2.37. The first-order valence-electron chi connectivity index (χ1n) is 5.58. The molecule has 0 amide bonds. The minimum absolute atomic E-state index is 0.0405. The SMILES string of the molecule is CCOC(O[Si](CC)CC)C(C)(C)C. The predicted molar refractivity (Wildman–Crippen MR) is 62.7 cm³/mol. The first kappa shape index (κ1) is 14.1. The van der Waals surface area contributed by atoms with Gasteiger partial charge in [0.1, 0.15) is 0 Å². The number of rotatable bonds is 6. The third-order valence-electron chi connectivity index (χ3n) is 2.09. The smallest absolute Gasteiger partial charge is 0.214 e. The van der Waals surface area contributed by atoms with Crippen LogP contribution in [0.4, 0.5) is 0 Å². The predicted octanol–water partition coefficient (Wildman–Crippen LogP) is 3.44. The average molecular weight is 217 g/mol. The molecule has 1 radical (unpaired) electrons. The molecule has 0 saturated carbocycles. The Balaban J connectivity index is 4.21. The van der Waals surface area contributed by atoms with Crippen LogP contribution in [0.25, 0.3) is 0 Å². The molecule has 0 heterocycles. The maximum atomic E-state index is 6.03. The van der Waals surface area contributed by atoms with Crippen molar-refractivity contribution in [2.45, 2.75) is 59.9 Å². The second-order valence-corrected chi connectivity index (χ2v) is 7.24. The Morgan fingerprint density at radius 1 is 1.07 bits per heavy atom. The molecular weight excluding hydrogens is 192 g/mol. The van der Waals surface area contributed by atoms with Crippen LogP contribution >= 0.6 is 0 Å². The van der Waals surface area contributed by atoms with E-state index >= 15 is 0 Å². The zero-order chi connectivity index (χ0) is 11.2. The molecule has 0 aliphatic rings. The van der Waals surface area contributed by atoms with Crippen LogP contribution in [0.15, 0.2) is 0 Å². The Morgan fingerprint density at radius 3 is 1.86 bits per heavy atom. The Labute approximate surface area is 90.7 Å². The van der Waals surface area contributed by atoms with E-state index < -0.39 is 9.04 Å². The molecule has 0 aromatic rings. The number of hydrogen-bond acceptors (Lipinski definition) is 2. The summed E-state index contributed by atoms with van der Waals surface area (Å²) in [5.41, 5.74) is 0.0796. The minimum atomic E-state index is -0.651. The van der Waals surface area contributed by atoms with Crippen molar-refractivity contribution in [3.05, 3.63) is 0 Å². The second-order valence-electron chi connectivity index (χ2n) is 4.52. The van der Waals surface area contributed by atoms with Crippen LogP contribution in [-0.4, -0.2) is 21.9 Å². The fraction of sp³-hybridized carbons (Fsp3) is 1.00. The van der Waals surface area contributed by atoms with Gasteiger partial charge in [0.15, 0.2) is 6.29 Å². The average Bonchev–Trinajstić information content (AvgIpc) is 2.10. The van der Waals surface area contributed by atoms with Crippen molar-refractivity contribution in [3.63, 3.8) is 0 Å². The molecule has 0 aliphatic carbocycles. The summed E-state index contributed by atoms with van der Waals surface area (Å²) in [6.45, 7) is 13.6. The van der Waals surface area contributed by atoms with Crippen LogP contribution in [-0.2, 0) is 9.16 Å². The topological polar surface area (TPSA) is 18.5 Å². The Morgan fingerprint density at radius 2 is 1.57 bits per heavy atom. The maximum absolute atomic E-state index is 6.03. The van der Waals surface area contributed by atoms with Crippen LogP contribution in [0.5, 0.6) is 0 Å². The molecule has 0 fully saturated rings. The fourth-order valence-electron chi connectivity index (χ4n) is 1.18. The maximum Gasteiger partial charge on any atom is 0.214 e. The number of hydrogen-bond donors (Lipinski definition) is 0. The van der Waals surface area contributed by atoms with Crippen molar-refractivity contribution < 1.29 is 9.16 Å². The van der Waals surface area contributed by atoms with Gasteiger partial charge < -0.3 is 9.16 Å². The van der Waals surface area contributed by atoms with Crippen molar-refractivity contribution >= 4 is 9.04 Å². The van der Waals surface area contributed by atoms with Gasteiger partial charge in [-0.3, -0.25) is 0 Å². The molecule has 0 N–H and O–H groups in total. The molecule has 0 aromatic carbocycles. The van der Waals surface area contributed by atoms with Crippen molar-refractivity contribution in [2.24, 2.45) is 5.41 Å². The van der Waals surface area contributed by atoms with E-state index in [1.165, 1.54) is 0 Å². The van der Waals surface area contributed by atoms with Crippen LogP contribution in [0.3, 0.4) is 0 Å². The largest absolute Gasteiger partial charge is 0.392 e. The third-order valence-corrected chi connectivity index (χ3v) is 4.21. The zero-order valence-corrected chi connectivity index (χ0v) is 11.5. The van der Waals surface area contributed by atoms with Crippen LogP contribution < -0.4 is 0 Å². The molecule has 2 nitrogen and oxygen atoms in total. The first-order chi connectivity index (χ1) is 6.45. The third kappa shape index (κ3) is 5.13. The first-order valence-corrected chi connectivity index (χ1v) is 7.40. The molecule has 3 heteroatoms. The Bertz CT molecular complexity index is 139. The second kappa shape index (κ2) is 6.59. The van der Waals surface area contributed by atoms with Crippen molar-refractivity contribution in [1.82, 2.24) is 0 Å². The Kier molecular flexibility index (Phi) is 6.65. The lowest BCUT2D eigenvalue weighted by atomic mass is 9.96. The summed E-state index contributed by atoms with van der Waals surface area (Å²) in [6.07, 6.45) is -0.0405. The van der Waals surface area contributed by atoms with E-state index in [0.29, 0.717) is 0 Å². The van der Waals surface area contributed by atoms with Gasteiger partial charge in [-0.25, -0.2) is 0 Å². The molecule has 1 unspecified atom stereocenters. The summed E-state index contributed by atoms with van der Waals surface area (Å²) in [5.74, 6) is 0. The van der Waals surface area contributed by atoms with Gasteiger partial charge in [-0.15, -0.1) is 0 Å². The standard InChI is InChI=1S/C11H25O2Si/c1-7-12-10(11(4,5)6)13-14(8-2)9-3/h10H,7-9H2,1-6H3. The summed E-state index contributed by atoms with van der Waals surface area (Å²) >= 11 is 0. The summed E-state index contributed by atoms with van der Waals surface area (Å²) in [4.78, 5) is 0. The van der Waals surface area contributed by atoms with Gasteiger partial charge in [-0.2, -0.15) is 0 Å². The van der Waals surface area contributed by atoms with Crippen LogP contribution in [0.1, 0.15) is 41.5 Å². The molecule has 0 aliphatic heterocycles. The van der Waals surface area contributed by atoms with E-state index in [9.17, 15) is 0 Å². The van der Waals surface area contributed by atoms with E-state index in [1.807, 2.05) is 6.92 Å². The monoisotopic (exact) mass is 217 g/mol. The molecule has 0 rings (SSSR count).